The number of morpholine rings is 1. The molecule has 0 radical (unpaired) electrons. The van der Waals surface area contributed by atoms with E-state index >= 15 is 0 Å². The molecule has 0 amide bonds. The summed E-state index contributed by atoms with van der Waals surface area (Å²) in [6.07, 6.45) is -4.41. The topological polar surface area (TPSA) is 60.3 Å². The Balaban J connectivity index is 1.77. The van der Waals surface area contributed by atoms with Gasteiger partial charge in [-0.2, -0.15) is 13.2 Å². The Bertz CT molecular complexity index is 746. The van der Waals surface area contributed by atoms with E-state index in [9.17, 15) is 18.0 Å². The van der Waals surface area contributed by atoms with Crippen molar-refractivity contribution in [3.63, 3.8) is 0 Å². The third-order valence-electron chi connectivity index (χ3n) is 3.76. The van der Waals surface area contributed by atoms with E-state index in [1.165, 1.54) is 0 Å². The molecule has 1 aliphatic heterocycles. The Morgan fingerprint density at radius 2 is 1.85 bits per heavy atom. The van der Waals surface area contributed by atoms with Crippen molar-refractivity contribution < 1.29 is 22.7 Å². The average Bonchev–Trinajstić information content (AvgIpc) is 3.02. The van der Waals surface area contributed by atoms with Gasteiger partial charge in [0.1, 0.15) is 6.54 Å². The lowest BCUT2D eigenvalue weighted by atomic mass is 10.2. The molecule has 1 aromatic carbocycles. The van der Waals surface area contributed by atoms with Gasteiger partial charge in [0.2, 0.25) is 5.95 Å². The summed E-state index contributed by atoms with van der Waals surface area (Å²) >= 11 is 0.957. The number of thioether (sulfide) groups is 1. The fourth-order valence-corrected chi connectivity index (χ4v) is 3.37. The van der Waals surface area contributed by atoms with Crippen molar-refractivity contribution in [3.05, 3.63) is 35.9 Å². The van der Waals surface area contributed by atoms with Crippen molar-refractivity contribution in [1.29, 1.82) is 0 Å². The quantitative estimate of drug-likeness (QED) is 0.562. The first kappa shape index (κ1) is 18.7. The molecule has 10 heteroatoms. The van der Waals surface area contributed by atoms with Gasteiger partial charge in [-0.1, -0.05) is 42.1 Å². The second-order valence-corrected chi connectivity index (χ2v) is 6.60. The number of alkyl halides is 3. The first-order valence-electron chi connectivity index (χ1n) is 7.98. The van der Waals surface area contributed by atoms with Crippen LogP contribution in [0.1, 0.15) is 10.4 Å². The van der Waals surface area contributed by atoms with Crippen LogP contribution < -0.4 is 4.90 Å². The molecule has 0 aliphatic carbocycles. The molecule has 26 heavy (non-hydrogen) atoms. The van der Waals surface area contributed by atoms with Crippen LogP contribution in [0.25, 0.3) is 0 Å². The van der Waals surface area contributed by atoms with Gasteiger partial charge in [-0.3, -0.25) is 9.36 Å². The lowest BCUT2D eigenvalue weighted by molar-refractivity contribution is -0.141. The zero-order chi connectivity index (χ0) is 18.6. The largest absolute Gasteiger partial charge is 0.406 e. The summed E-state index contributed by atoms with van der Waals surface area (Å²) in [6.45, 7) is 0.545. The van der Waals surface area contributed by atoms with Crippen molar-refractivity contribution >= 4 is 23.5 Å². The highest BCUT2D eigenvalue weighted by Gasteiger charge is 2.33. The summed E-state index contributed by atoms with van der Waals surface area (Å²) in [6, 6.07) is 8.60. The number of ketones is 1. The second-order valence-electron chi connectivity index (χ2n) is 5.66. The lowest BCUT2D eigenvalue weighted by Crippen LogP contribution is -2.38. The molecule has 0 atom stereocenters. The van der Waals surface area contributed by atoms with Crippen LogP contribution in [0, 0.1) is 0 Å². The molecular formula is C16H17F3N4O2S. The zero-order valence-corrected chi connectivity index (χ0v) is 14.6. The number of aromatic nitrogens is 3. The molecule has 0 spiro atoms. The van der Waals surface area contributed by atoms with Crippen molar-refractivity contribution in [1.82, 2.24) is 14.8 Å². The molecule has 1 aliphatic rings. The Morgan fingerprint density at radius 3 is 2.50 bits per heavy atom. The highest BCUT2D eigenvalue weighted by molar-refractivity contribution is 7.99. The molecule has 2 aromatic rings. The fourth-order valence-electron chi connectivity index (χ4n) is 2.54. The number of carbonyl (C=O) groups is 1. The maximum atomic E-state index is 13.0. The summed E-state index contributed by atoms with van der Waals surface area (Å²) in [5, 5.41) is 7.89. The zero-order valence-electron chi connectivity index (χ0n) is 13.8. The standard InChI is InChI=1S/C16H17F3N4O2S/c17-16(18,19)11-23-14(22-6-8-25-9-7-22)20-21-15(23)26-10-13(24)12-4-2-1-3-5-12/h1-5H,6-11H2. The van der Waals surface area contributed by atoms with Gasteiger partial charge in [0, 0.05) is 18.7 Å². The van der Waals surface area contributed by atoms with Gasteiger partial charge in [-0.05, 0) is 0 Å². The molecule has 1 fully saturated rings. The van der Waals surface area contributed by atoms with E-state index in [1.807, 2.05) is 0 Å². The predicted molar refractivity (Wildman–Crippen MR) is 90.6 cm³/mol. The summed E-state index contributed by atoms with van der Waals surface area (Å²) in [5.41, 5.74) is 0.510. The Hall–Kier alpha value is -2.07. The predicted octanol–water partition coefficient (Wildman–Crippen LogP) is 2.65. The van der Waals surface area contributed by atoms with Crippen LogP contribution in [-0.4, -0.2) is 58.8 Å². The minimum atomic E-state index is -4.41. The summed E-state index contributed by atoms with van der Waals surface area (Å²) in [4.78, 5) is 13.9. The van der Waals surface area contributed by atoms with Gasteiger partial charge < -0.3 is 9.64 Å². The summed E-state index contributed by atoms with van der Waals surface area (Å²) in [5.74, 6) is -0.0336. The highest BCUT2D eigenvalue weighted by Crippen LogP contribution is 2.28. The Labute approximate surface area is 152 Å². The maximum absolute atomic E-state index is 13.0. The van der Waals surface area contributed by atoms with E-state index in [-0.39, 0.29) is 22.6 Å². The smallest absolute Gasteiger partial charge is 0.378 e. The molecule has 0 N–H and O–H groups in total. The molecule has 0 unspecified atom stereocenters. The maximum Gasteiger partial charge on any atom is 0.406 e. The third kappa shape index (κ3) is 4.76. The van der Waals surface area contributed by atoms with E-state index in [0.29, 0.717) is 31.9 Å². The van der Waals surface area contributed by atoms with Crippen molar-refractivity contribution in [2.24, 2.45) is 0 Å². The van der Waals surface area contributed by atoms with Crippen molar-refractivity contribution in [2.75, 3.05) is 37.0 Å². The van der Waals surface area contributed by atoms with E-state index in [1.54, 1.807) is 35.2 Å². The number of hydrogen-bond donors (Lipinski definition) is 0. The molecule has 6 nitrogen and oxygen atoms in total. The van der Waals surface area contributed by atoms with E-state index < -0.39 is 12.7 Å². The second kappa shape index (κ2) is 8.09. The number of benzene rings is 1. The van der Waals surface area contributed by atoms with Crippen LogP contribution in [0.4, 0.5) is 19.1 Å². The number of ether oxygens (including phenoxy) is 1. The average molecular weight is 386 g/mol. The molecular weight excluding hydrogens is 369 g/mol. The third-order valence-corrected chi connectivity index (χ3v) is 4.72. The van der Waals surface area contributed by atoms with Gasteiger partial charge in [0.25, 0.3) is 0 Å². The number of halogens is 3. The molecule has 0 bridgehead atoms. The number of Topliss-reactive ketones (excluding diaryl/α,β-unsaturated/α-hetero) is 1. The Kier molecular flexibility index (Phi) is 5.82. The lowest BCUT2D eigenvalue weighted by Gasteiger charge is -2.28. The summed E-state index contributed by atoms with van der Waals surface area (Å²) < 4.78 is 45.3. The first-order chi connectivity index (χ1) is 12.4. The number of rotatable bonds is 6. The van der Waals surface area contributed by atoms with Gasteiger partial charge in [-0.25, -0.2) is 0 Å². The normalized spacial score (nSPS) is 15.3. The van der Waals surface area contributed by atoms with Gasteiger partial charge in [0.05, 0.1) is 19.0 Å². The molecule has 3 rings (SSSR count). The molecule has 1 saturated heterocycles. The molecule has 0 saturated carbocycles. The van der Waals surface area contributed by atoms with Crippen LogP contribution >= 0.6 is 11.8 Å². The van der Waals surface area contributed by atoms with Crippen LogP contribution in [0.15, 0.2) is 35.5 Å². The first-order valence-corrected chi connectivity index (χ1v) is 8.96. The van der Waals surface area contributed by atoms with Crippen molar-refractivity contribution in [3.8, 4) is 0 Å². The SMILES string of the molecule is O=C(CSc1nnc(N2CCOCC2)n1CC(F)(F)F)c1ccccc1. The number of carbonyl (C=O) groups excluding carboxylic acids is 1. The van der Waals surface area contributed by atoms with Crippen LogP contribution in [-0.2, 0) is 11.3 Å². The highest BCUT2D eigenvalue weighted by atomic mass is 32.2. The van der Waals surface area contributed by atoms with Crippen LogP contribution in [0.3, 0.4) is 0 Å². The van der Waals surface area contributed by atoms with Gasteiger partial charge >= 0.3 is 6.18 Å². The minimum Gasteiger partial charge on any atom is -0.378 e. The van der Waals surface area contributed by atoms with E-state index in [2.05, 4.69) is 10.2 Å². The molecule has 140 valence electrons. The van der Waals surface area contributed by atoms with E-state index in [4.69, 9.17) is 4.74 Å². The number of anilines is 1. The van der Waals surface area contributed by atoms with E-state index in [0.717, 1.165) is 16.3 Å². The number of nitrogens with zero attached hydrogens (tertiary/aromatic N) is 4. The monoisotopic (exact) mass is 386 g/mol. The van der Waals surface area contributed by atoms with Crippen LogP contribution in [0.2, 0.25) is 0 Å². The minimum absolute atomic E-state index is 0.0108. The number of hydrogen-bond acceptors (Lipinski definition) is 6. The molecule has 1 aromatic heterocycles. The van der Waals surface area contributed by atoms with Gasteiger partial charge in [-0.15, -0.1) is 10.2 Å². The van der Waals surface area contributed by atoms with Crippen LogP contribution in [0.5, 0.6) is 0 Å². The Morgan fingerprint density at radius 1 is 1.15 bits per heavy atom. The van der Waals surface area contributed by atoms with Gasteiger partial charge in [0.15, 0.2) is 10.9 Å². The van der Waals surface area contributed by atoms with Crippen molar-refractivity contribution in [2.45, 2.75) is 17.9 Å². The summed E-state index contributed by atoms with van der Waals surface area (Å²) in [7, 11) is 0. The molecule has 2 heterocycles. The fraction of sp³-hybridized carbons (Fsp3) is 0.438.